The molecule has 1 heterocycles. The van der Waals surface area contributed by atoms with Crippen molar-refractivity contribution >= 4 is 10.1 Å². The average Bonchev–Trinajstić information content (AvgIpc) is 2.54. The van der Waals surface area contributed by atoms with Crippen molar-refractivity contribution < 1.29 is 66.1 Å². The van der Waals surface area contributed by atoms with Gasteiger partial charge in [-0.25, -0.2) is 13.2 Å². The first kappa shape index (κ1) is 29.1. The van der Waals surface area contributed by atoms with Crippen LogP contribution in [-0.2, 0) is 14.9 Å². The van der Waals surface area contributed by atoms with E-state index in [4.69, 9.17) is 0 Å². The van der Waals surface area contributed by atoms with Crippen LogP contribution in [0.2, 0.25) is 0 Å². The van der Waals surface area contributed by atoms with E-state index < -0.39 is 44.7 Å². The van der Waals surface area contributed by atoms with Crippen LogP contribution in [0.1, 0.15) is 27.7 Å². The smallest absolute Gasteiger partial charge is 0.439 e. The number of quaternary nitrogens is 1. The Morgan fingerprint density at radius 2 is 1.07 bits per heavy atom. The minimum atomic E-state index is -7.48. The Bertz CT molecular complexity index is 655. The van der Waals surface area contributed by atoms with E-state index in [0.29, 0.717) is 0 Å². The first-order valence-corrected chi connectivity index (χ1v) is 9.67. The molecule has 0 amide bonds. The van der Waals surface area contributed by atoms with Gasteiger partial charge in [-0.3, -0.25) is 0 Å². The van der Waals surface area contributed by atoms with Gasteiger partial charge in [0.15, 0.2) is 10.1 Å². The summed E-state index contributed by atoms with van der Waals surface area (Å²) in [4.78, 5) is -3.68. The molecule has 0 N–H and O–H groups in total. The zero-order chi connectivity index (χ0) is 24.6. The lowest BCUT2D eigenvalue weighted by Crippen LogP contribution is -2.78. The number of rotatable bonds is 6. The molecule has 30 heavy (non-hydrogen) atoms. The van der Waals surface area contributed by atoms with Crippen molar-refractivity contribution in [2.24, 2.45) is 0 Å². The highest BCUT2D eigenvalue weighted by molar-refractivity contribution is 7.86. The SMILES string of the molecule is CC[N+](CC)(CC)CC.O=S(=O)([O-])C(F)(F)N1C(F)(F)C(F)(F)OC(F)(F)C1(F)F. The number of morpholine rings is 1. The summed E-state index contributed by atoms with van der Waals surface area (Å²) in [7, 11) is -7.48. The number of alkyl halides is 10. The largest absolute Gasteiger partial charge is 0.742 e. The Morgan fingerprint density at radius 1 is 0.800 bits per heavy atom. The highest BCUT2D eigenvalue weighted by Gasteiger charge is 2.87. The van der Waals surface area contributed by atoms with Crippen LogP contribution in [-0.4, -0.2) is 78.2 Å². The van der Waals surface area contributed by atoms with Gasteiger partial charge in [0.1, 0.15) is 0 Å². The van der Waals surface area contributed by atoms with Crippen molar-refractivity contribution in [3.05, 3.63) is 0 Å². The fourth-order valence-electron chi connectivity index (χ4n) is 2.50. The van der Waals surface area contributed by atoms with Gasteiger partial charge in [-0.05, 0) is 27.7 Å². The molecule has 1 rings (SSSR count). The molecule has 17 heteroatoms. The molecule has 6 nitrogen and oxygen atoms in total. The summed E-state index contributed by atoms with van der Waals surface area (Å²) in [5.74, 6) is 0. The van der Waals surface area contributed by atoms with Gasteiger partial charge in [0.2, 0.25) is 0 Å². The van der Waals surface area contributed by atoms with E-state index in [1.165, 1.54) is 30.7 Å². The van der Waals surface area contributed by atoms with E-state index in [2.05, 4.69) is 27.7 Å². The number of ether oxygens (including phenoxy) is 1. The van der Waals surface area contributed by atoms with Crippen LogP contribution in [0.15, 0.2) is 0 Å². The number of halogens is 10. The maximum absolute atomic E-state index is 12.9. The summed E-state index contributed by atoms with van der Waals surface area (Å²) in [5.41, 5.74) is 0. The van der Waals surface area contributed by atoms with E-state index in [-0.39, 0.29) is 0 Å². The van der Waals surface area contributed by atoms with Crippen molar-refractivity contribution in [1.82, 2.24) is 4.90 Å². The summed E-state index contributed by atoms with van der Waals surface area (Å²) in [6.07, 6.45) is -13.3. The van der Waals surface area contributed by atoms with E-state index in [1.54, 1.807) is 4.74 Å². The molecule has 0 spiro atoms. The molecule has 182 valence electrons. The van der Waals surface area contributed by atoms with E-state index in [1.807, 2.05) is 0 Å². The van der Waals surface area contributed by atoms with Crippen LogP contribution < -0.4 is 0 Å². The fourth-order valence-corrected chi connectivity index (χ4v) is 2.95. The van der Waals surface area contributed by atoms with Gasteiger partial charge < -0.3 is 9.04 Å². The molecule has 0 aromatic heterocycles. The molecule has 0 bridgehead atoms. The lowest BCUT2D eigenvalue weighted by molar-refractivity contribution is -0.921. The minimum Gasteiger partial charge on any atom is -0.742 e. The summed E-state index contributed by atoms with van der Waals surface area (Å²) in [6, 6.07) is -13.9. The molecule has 0 radical (unpaired) electrons. The maximum Gasteiger partial charge on any atom is 0.439 e. The second-order valence-corrected chi connectivity index (χ2v) is 7.50. The van der Waals surface area contributed by atoms with Crippen LogP contribution in [0.5, 0.6) is 0 Å². The maximum atomic E-state index is 12.9. The Kier molecular flexibility index (Phi) is 8.29. The highest BCUT2D eigenvalue weighted by atomic mass is 32.2. The standard InChI is InChI=1S/C8H20N.C5HF10NO4S/c1-5-9(6-2,7-3)8-4;6-1(7)3(10,11)20-4(12,13)2(8,9)16(1)5(14,15)21(17,18)19/h5-8H2,1-4H3;(H,17,18,19)/q+1;/p-1. The van der Waals surface area contributed by atoms with E-state index in [9.17, 15) is 56.9 Å². The van der Waals surface area contributed by atoms with Crippen LogP contribution in [0.3, 0.4) is 0 Å². The number of nitrogens with zero attached hydrogens (tertiary/aromatic N) is 2. The third kappa shape index (κ3) is 4.78. The van der Waals surface area contributed by atoms with Gasteiger partial charge in [0.05, 0.1) is 26.2 Å². The van der Waals surface area contributed by atoms with Crippen molar-refractivity contribution in [3.63, 3.8) is 0 Å². The van der Waals surface area contributed by atoms with Gasteiger partial charge in [-0.15, -0.1) is 0 Å². The number of hydrogen-bond acceptors (Lipinski definition) is 5. The lowest BCUT2D eigenvalue weighted by Gasteiger charge is -2.49. The predicted octanol–water partition coefficient (Wildman–Crippen LogP) is 3.67. The van der Waals surface area contributed by atoms with Gasteiger partial charge in [-0.2, -0.15) is 43.9 Å². The Balaban J connectivity index is 0.000000787. The van der Waals surface area contributed by atoms with Gasteiger partial charge >= 0.3 is 29.7 Å². The van der Waals surface area contributed by atoms with Crippen LogP contribution in [0.4, 0.5) is 43.9 Å². The van der Waals surface area contributed by atoms with E-state index in [0.717, 1.165) is 0 Å². The molecule has 0 aromatic carbocycles. The topological polar surface area (TPSA) is 69.7 Å². The molecule has 0 unspecified atom stereocenters. The van der Waals surface area contributed by atoms with Gasteiger partial charge in [0.25, 0.3) is 0 Å². The highest BCUT2D eigenvalue weighted by Crippen LogP contribution is 2.59. The van der Waals surface area contributed by atoms with Crippen LogP contribution in [0, 0.1) is 0 Å². The first-order valence-electron chi connectivity index (χ1n) is 8.27. The summed E-state index contributed by atoms with van der Waals surface area (Å²) < 4.78 is 160. The summed E-state index contributed by atoms with van der Waals surface area (Å²) >= 11 is 0. The minimum absolute atomic E-state index is 1.28. The zero-order valence-corrected chi connectivity index (χ0v) is 16.9. The molecular formula is C13H20F10N2O4S. The monoisotopic (exact) mass is 490 g/mol. The third-order valence-corrected chi connectivity index (χ3v) is 5.55. The van der Waals surface area contributed by atoms with Crippen molar-refractivity contribution in [1.29, 1.82) is 0 Å². The first-order chi connectivity index (χ1) is 13.1. The molecular weight excluding hydrogens is 470 g/mol. The molecule has 1 fully saturated rings. The Morgan fingerprint density at radius 3 is 1.23 bits per heavy atom. The second-order valence-electron chi connectivity index (χ2n) is 6.10. The molecule has 0 aromatic rings. The third-order valence-electron chi connectivity index (χ3n) is 4.76. The van der Waals surface area contributed by atoms with Crippen molar-refractivity contribution in [2.75, 3.05) is 26.2 Å². The molecule has 1 saturated heterocycles. The molecule has 0 atom stereocenters. The zero-order valence-electron chi connectivity index (χ0n) is 16.0. The normalized spacial score (nSPS) is 23.4. The van der Waals surface area contributed by atoms with Crippen molar-refractivity contribution in [3.8, 4) is 0 Å². The van der Waals surface area contributed by atoms with Crippen LogP contribution >= 0.6 is 0 Å². The Hall–Kier alpha value is -0.910. The fraction of sp³-hybridized carbons (Fsp3) is 1.00. The number of hydrogen-bond donors (Lipinski definition) is 0. The summed E-state index contributed by atoms with van der Waals surface area (Å²) in [6.45, 7) is 14.2. The summed E-state index contributed by atoms with van der Waals surface area (Å²) in [5, 5.41) is -7.00. The molecule has 1 aliphatic rings. The second kappa shape index (κ2) is 8.55. The van der Waals surface area contributed by atoms with Crippen LogP contribution in [0.25, 0.3) is 0 Å². The van der Waals surface area contributed by atoms with Crippen molar-refractivity contribution in [2.45, 2.75) is 57.4 Å². The predicted molar refractivity (Wildman–Crippen MR) is 79.8 cm³/mol. The van der Waals surface area contributed by atoms with Gasteiger partial charge in [-0.1, -0.05) is 4.90 Å². The van der Waals surface area contributed by atoms with E-state index >= 15 is 0 Å². The average molecular weight is 490 g/mol. The Labute approximate surface area is 165 Å². The van der Waals surface area contributed by atoms with Gasteiger partial charge in [0, 0.05) is 0 Å². The molecule has 0 aliphatic carbocycles. The quantitative estimate of drug-likeness (QED) is 0.246. The lowest BCUT2D eigenvalue weighted by atomic mass is 10.3. The molecule has 0 saturated carbocycles. The molecule has 1 aliphatic heterocycles.